The zero-order chi connectivity index (χ0) is 15.5. The fourth-order valence-corrected chi connectivity index (χ4v) is 2.30. The average molecular weight is 297 g/mol. The van der Waals surface area contributed by atoms with Gasteiger partial charge in [-0.2, -0.15) is 4.98 Å². The highest BCUT2D eigenvalue weighted by Crippen LogP contribution is 2.26. The third kappa shape index (κ3) is 4.42. The molecule has 0 unspecified atom stereocenters. The maximum atomic E-state index is 12.1. The second-order valence-corrected chi connectivity index (χ2v) is 6.24. The van der Waals surface area contributed by atoms with Crippen molar-refractivity contribution in [2.75, 3.05) is 20.2 Å². The molecule has 0 bridgehead atoms. The minimum absolute atomic E-state index is 0.0839. The summed E-state index contributed by atoms with van der Waals surface area (Å²) in [7, 11) is 1.58. The number of ether oxygens (including phenoxy) is 2. The Kier molecular flexibility index (Phi) is 4.82. The van der Waals surface area contributed by atoms with Crippen LogP contribution in [0.2, 0.25) is 0 Å². The fourth-order valence-electron chi connectivity index (χ4n) is 2.30. The van der Waals surface area contributed by atoms with E-state index in [2.05, 4.69) is 10.1 Å². The molecule has 1 saturated heterocycles. The highest BCUT2D eigenvalue weighted by Gasteiger charge is 2.30. The van der Waals surface area contributed by atoms with Gasteiger partial charge < -0.3 is 18.9 Å². The second-order valence-electron chi connectivity index (χ2n) is 6.24. The molecule has 7 nitrogen and oxygen atoms in total. The molecule has 1 fully saturated rings. The smallest absolute Gasteiger partial charge is 0.410 e. The van der Waals surface area contributed by atoms with Gasteiger partial charge in [0, 0.05) is 26.1 Å². The van der Waals surface area contributed by atoms with E-state index < -0.39 is 5.60 Å². The highest BCUT2D eigenvalue weighted by atomic mass is 16.6. The van der Waals surface area contributed by atoms with Crippen LogP contribution in [0.1, 0.15) is 51.2 Å². The van der Waals surface area contributed by atoms with Crippen molar-refractivity contribution >= 4 is 6.09 Å². The lowest BCUT2D eigenvalue weighted by molar-refractivity contribution is 0.0195. The number of piperidine rings is 1. The van der Waals surface area contributed by atoms with Gasteiger partial charge in [-0.15, -0.1) is 0 Å². The van der Waals surface area contributed by atoms with Crippen molar-refractivity contribution in [2.24, 2.45) is 0 Å². The summed E-state index contributed by atoms with van der Waals surface area (Å²) in [6.45, 7) is 7.15. The summed E-state index contributed by atoms with van der Waals surface area (Å²) in [5, 5.41) is 3.98. The second kappa shape index (κ2) is 6.43. The summed E-state index contributed by atoms with van der Waals surface area (Å²) >= 11 is 0. The van der Waals surface area contributed by atoms with Gasteiger partial charge >= 0.3 is 6.09 Å². The van der Waals surface area contributed by atoms with Gasteiger partial charge in [0.25, 0.3) is 5.89 Å². The lowest BCUT2D eigenvalue weighted by Crippen LogP contribution is -2.42. The minimum Gasteiger partial charge on any atom is -0.444 e. The van der Waals surface area contributed by atoms with E-state index >= 15 is 0 Å². The summed E-state index contributed by atoms with van der Waals surface area (Å²) in [6, 6.07) is 0. The Hall–Kier alpha value is -1.63. The quantitative estimate of drug-likeness (QED) is 0.852. The van der Waals surface area contributed by atoms with E-state index in [0.29, 0.717) is 31.4 Å². The number of amides is 1. The summed E-state index contributed by atoms with van der Waals surface area (Å²) in [5.41, 5.74) is -0.484. The molecular formula is C14H23N3O4. The van der Waals surface area contributed by atoms with E-state index in [4.69, 9.17) is 14.0 Å². The maximum Gasteiger partial charge on any atom is 0.410 e. The Morgan fingerprint density at radius 2 is 2.24 bits per heavy atom. The summed E-state index contributed by atoms with van der Waals surface area (Å²) < 4.78 is 15.5. The Labute approximate surface area is 124 Å². The van der Waals surface area contributed by atoms with Crippen LogP contribution in [0.3, 0.4) is 0 Å². The topological polar surface area (TPSA) is 77.7 Å². The van der Waals surface area contributed by atoms with Crippen LogP contribution in [-0.2, 0) is 16.1 Å². The van der Waals surface area contributed by atoms with Crippen LogP contribution < -0.4 is 0 Å². The number of carbonyl (C=O) groups excluding carboxylic acids is 1. The highest BCUT2D eigenvalue weighted by molar-refractivity contribution is 5.68. The number of aromatic nitrogens is 2. The van der Waals surface area contributed by atoms with Crippen LogP contribution >= 0.6 is 0 Å². The summed E-state index contributed by atoms with van der Waals surface area (Å²) in [4.78, 5) is 18.1. The average Bonchev–Trinajstić information content (AvgIpc) is 2.86. The van der Waals surface area contributed by atoms with Crippen molar-refractivity contribution in [1.82, 2.24) is 15.0 Å². The third-order valence-corrected chi connectivity index (χ3v) is 3.19. The van der Waals surface area contributed by atoms with Gasteiger partial charge in [0.15, 0.2) is 5.82 Å². The van der Waals surface area contributed by atoms with Crippen LogP contribution in [0.5, 0.6) is 0 Å². The number of nitrogens with zero attached hydrogens (tertiary/aromatic N) is 3. The van der Waals surface area contributed by atoms with Gasteiger partial charge in [-0.3, -0.25) is 0 Å². The first-order chi connectivity index (χ1) is 9.89. The Morgan fingerprint density at radius 1 is 1.48 bits per heavy atom. The molecule has 7 heteroatoms. The molecule has 1 aliphatic heterocycles. The lowest BCUT2D eigenvalue weighted by atomic mass is 9.98. The molecule has 0 radical (unpaired) electrons. The lowest BCUT2D eigenvalue weighted by Gasteiger charge is -2.32. The van der Waals surface area contributed by atoms with Gasteiger partial charge in [0.05, 0.1) is 0 Å². The monoisotopic (exact) mass is 297 g/mol. The van der Waals surface area contributed by atoms with Gasteiger partial charge in [-0.1, -0.05) is 5.16 Å². The SMILES string of the molecule is COCc1nc([C@@H]2CCCN(C(=O)OC(C)(C)C)C2)no1. The van der Waals surface area contributed by atoms with Gasteiger partial charge in [-0.05, 0) is 33.6 Å². The first kappa shape index (κ1) is 15.8. The van der Waals surface area contributed by atoms with E-state index in [1.165, 1.54) is 0 Å². The third-order valence-electron chi connectivity index (χ3n) is 3.19. The van der Waals surface area contributed by atoms with Crippen molar-refractivity contribution in [3.05, 3.63) is 11.7 Å². The number of hydrogen-bond acceptors (Lipinski definition) is 6. The van der Waals surface area contributed by atoms with Crippen molar-refractivity contribution in [2.45, 2.75) is 51.7 Å². The predicted molar refractivity (Wildman–Crippen MR) is 74.8 cm³/mol. The number of methoxy groups -OCH3 is 1. The number of rotatable bonds is 3. The molecule has 118 valence electrons. The van der Waals surface area contributed by atoms with Gasteiger partial charge in [0.1, 0.15) is 12.2 Å². The molecule has 1 atom stereocenters. The Bertz CT molecular complexity index is 481. The van der Waals surface area contributed by atoms with Crippen LogP contribution in [0.4, 0.5) is 4.79 Å². The molecular weight excluding hydrogens is 274 g/mol. The number of carbonyl (C=O) groups is 1. The molecule has 21 heavy (non-hydrogen) atoms. The first-order valence-electron chi connectivity index (χ1n) is 7.18. The minimum atomic E-state index is -0.484. The van der Waals surface area contributed by atoms with E-state index in [-0.39, 0.29) is 12.0 Å². The molecule has 1 amide bonds. The first-order valence-corrected chi connectivity index (χ1v) is 7.18. The van der Waals surface area contributed by atoms with Crippen LogP contribution in [-0.4, -0.2) is 46.9 Å². The van der Waals surface area contributed by atoms with Crippen molar-refractivity contribution in [3.8, 4) is 0 Å². The summed E-state index contributed by atoms with van der Waals surface area (Å²) in [6.07, 6.45) is 1.55. The van der Waals surface area contributed by atoms with Gasteiger partial charge in [-0.25, -0.2) is 4.79 Å². The maximum absolute atomic E-state index is 12.1. The van der Waals surface area contributed by atoms with Crippen molar-refractivity contribution in [3.63, 3.8) is 0 Å². The Morgan fingerprint density at radius 3 is 2.90 bits per heavy atom. The van der Waals surface area contributed by atoms with Crippen LogP contribution in [0.15, 0.2) is 4.52 Å². The molecule has 0 spiro atoms. The van der Waals surface area contributed by atoms with Crippen molar-refractivity contribution < 1.29 is 18.8 Å². The molecule has 0 saturated carbocycles. The zero-order valence-corrected chi connectivity index (χ0v) is 13.1. The van der Waals surface area contributed by atoms with E-state index in [0.717, 1.165) is 12.8 Å². The number of hydrogen-bond donors (Lipinski definition) is 0. The molecule has 1 aromatic rings. The molecule has 0 N–H and O–H groups in total. The standard InChI is InChI=1S/C14H23N3O4/c1-14(2,3)20-13(18)17-7-5-6-10(8-17)12-15-11(9-19-4)21-16-12/h10H,5-9H2,1-4H3/t10-/m1/s1. The fraction of sp³-hybridized carbons (Fsp3) is 0.786. The summed E-state index contributed by atoms with van der Waals surface area (Å²) in [5.74, 6) is 1.18. The number of likely N-dealkylation sites (tertiary alicyclic amines) is 1. The molecule has 0 aromatic carbocycles. The zero-order valence-electron chi connectivity index (χ0n) is 13.1. The molecule has 1 aliphatic rings. The van der Waals surface area contributed by atoms with Crippen molar-refractivity contribution in [1.29, 1.82) is 0 Å². The molecule has 2 rings (SSSR count). The largest absolute Gasteiger partial charge is 0.444 e. The Balaban J connectivity index is 1.98. The van der Waals surface area contributed by atoms with Crippen LogP contribution in [0.25, 0.3) is 0 Å². The van der Waals surface area contributed by atoms with Gasteiger partial charge in [0.2, 0.25) is 0 Å². The molecule has 0 aliphatic carbocycles. The van der Waals surface area contributed by atoms with E-state index in [1.807, 2.05) is 20.8 Å². The normalized spacial score (nSPS) is 19.6. The molecule has 2 heterocycles. The van der Waals surface area contributed by atoms with Crippen LogP contribution in [0, 0.1) is 0 Å². The molecule has 1 aromatic heterocycles. The predicted octanol–water partition coefficient (Wildman–Crippen LogP) is 2.33. The van der Waals surface area contributed by atoms with E-state index in [9.17, 15) is 4.79 Å². The van der Waals surface area contributed by atoms with E-state index in [1.54, 1.807) is 12.0 Å².